The number of aliphatic hydroxyl groups is 1. The fourth-order valence-electron chi connectivity index (χ4n) is 8.49. The van der Waals surface area contributed by atoms with Crippen LogP contribution in [0.25, 0.3) is 0 Å². The third-order valence-electron chi connectivity index (χ3n) is 10.8. The molecule has 3 fully saturated rings. The van der Waals surface area contributed by atoms with Crippen molar-refractivity contribution >= 4 is 23.4 Å². The summed E-state index contributed by atoms with van der Waals surface area (Å²) in [4.78, 5) is 49.5. The Balaban J connectivity index is 1.45. The van der Waals surface area contributed by atoms with E-state index in [-0.39, 0.29) is 36.3 Å². The molecule has 9 nitrogen and oxygen atoms in total. The number of rotatable bonds is 8. The van der Waals surface area contributed by atoms with Crippen molar-refractivity contribution in [1.29, 1.82) is 0 Å². The van der Waals surface area contributed by atoms with E-state index >= 15 is 0 Å². The van der Waals surface area contributed by atoms with Gasteiger partial charge in [-0.3, -0.25) is 14.4 Å². The van der Waals surface area contributed by atoms with E-state index in [2.05, 4.69) is 0 Å². The number of hydrogen-bond donors (Lipinski definition) is 1. The van der Waals surface area contributed by atoms with E-state index in [0.717, 1.165) is 44.3 Å². The maximum atomic E-state index is 14.8. The number of fused-ring (bicyclic) bond motifs is 2. The lowest BCUT2D eigenvalue weighted by Gasteiger charge is -2.43. The monoisotopic (exact) mass is 605 g/mol. The fraction of sp³-hybridized carbons (Fsp3) is 0.629. The van der Waals surface area contributed by atoms with Crippen LogP contribution < -0.4 is 9.64 Å². The molecule has 1 aliphatic carbocycles. The summed E-state index contributed by atoms with van der Waals surface area (Å²) in [5.41, 5.74) is -1.73. The van der Waals surface area contributed by atoms with Crippen molar-refractivity contribution in [2.24, 2.45) is 17.8 Å². The molecule has 238 valence electrons. The topological polar surface area (TPSA) is 99.6 Å². The van der Waals surface area contributed by atoms with Crippen molar-refractivity contribution in [3.05, 3.63) is 48.6 Å². The van der Waals surface area contributed by atoms with Crippen molar-refractivity contribution < 1.29 is 29.0 Å². The molecule has 5 aliphatic rings. The first-order valence-corrected chi connectivity index (χ1v) is 16.5. The predicted molar refractivity (Wildman–Crippen MR) is 167 cm³/mol. The van der Waals surface area contributed by atoms with Gasteiger partial charge in [0.05, 0.1) is 36.7 Å². The summed E-state index contributed by atoms with van der Waals surface area (Å²) in [6.07, 6.45) is 13.6. The minimum Gasteiger partial charge on any atom is -0.494 e. The van der Waals surface area contributed by atoms with E-state index in [4.69, 9.17) is 9.47 Å². The average Bonchev–Trinajstić information content (AvgIpc) is 3.29. The Bertz CT molecular complexity index is 1320. The Labute approximate surface area is 260 Å². The van der Waals surface area contributed by atoms with Crippen molar-refractivity contribution in [3.63, 3.8) is 0 Å². The molecule has 1 spiro atoms. The van der Waals surface area contributed by atoms with Crippen LogP contribution in [0.5, 0.6) is 5.75 Å². The summed E-state index contributed by atoms with van der Waals surface area (Å²) in [6, 6.07) is 5.97. The van der Waals surface area contributed by atoms with Gasteiger partial charge in [-0.25, -0.2) is 0 Å². The number of benzene rings is 1. The highest BCUT2D eigenvalue weighted by Gasteiger charge is 2.75. The number of anilines is 1. The van der Waals surface area contributed by atoms with Gasteiger partial charge in [-0.05, 0) is 56.9 Å². The smallest absolute Gasteiger partial charge is 0.249 e. The van der Waals surface area contributed by atoms with Crippen LogP contribution in [0.2, 0.25) is 0 Å². The number of ether oxygens (including phenoxy) is 2. The number of carbonyl (C=O) groups excluding carboxylic acids is 3. The summed E-state index contributed by atoms with van der Waals surface area (Å²) in [5, 5.41) is 10.7. The second-order valence-electron chi connectivity index (χ2n) is 13.3. The van der Waals surface area contributed by atoms with Crippen molar-refractivity contribution in [2.75, 3.05) is 31.2 Å². The van der Waals surface area contributed by atoms with Crippen molar-refractivity contribution in [2.45, 2.75) is 95.5 Å². The quantitative estimate of drug-likeness (QED) is 0.448. The van der Waals surface area contributed by atoms with Crippen molar-refractivity contribution in [1.82, 2.24) is 9.80 Å². The largest absolute Gasteiger partial charge is 0.494 e. The second kappa shape index (κ2) is 12.0. The van der Waals surface area contributed by atoms with Crippen molar-refractivity contribution in [3.8, 4) is 5.75 Å². The Kier molecular flexibility index (Phi) is 8.39. The molecule has 44 heavy (non-hydrogen) atoms. The molecule has 1 aromatic carbocycles. The number of amides is 3. The van der Waals surface area contributed by atoms with Crippen LogP contribution in [0.1, 0.15) is 66.2 Å². The molecule has 0 radical (unpaired) electrons. The van der Waals surface area contributed by atoms with Crippen LogP contribution in [0.4, 0.5) is 5.69 Å². The number of nitrogens with zero attached hydrogens (tertiary/aromatic N) is 3. The molecule has 1 aromatic rings. The van der Waals surface area contributed by atoms with Crippen LogP contribution in [0.15, 0.2) is 48.6 Å². The van der Waals surface area contributed by atoms with E-state index in [0.29, 0.717) is 25.4 Å². The van der Waals surface area contributed by atoms with Gasteiger partial charge in [0.2, 0.25) is 17.7 Å². The van der Waals surface area contributed by atoms with E-state index in [1.54, 1.807) is 9.80 Å². The Morgan fingerprint density at radius 1 is 0.955 bits per heavy atom. The molecule has 4 aliphatic heterocycles. The lowest BCUT2D eigenvalue weighted by molar-refractivity contribution is -0.157. The zero-order valence-corrected chi connectivity index (χ0v) is 26.5. The van der Waals surface area contributed by atoms with Gasteiger partial charge in [-0.2, -0.15) is 0 Å². The number of hydrogen-bond acceptors (Lipinski definition) is 6. The number of likely N-dealkylation sites (tertiary alicyclic amines) is 1. The molecular weight excluding hydrogens is 558 g/mol. The third-order valence-corrected chi connectivity index (χ3v) is 10.8. The first-order chi connectivity index (χ1) is 21.2. The van der Waals surface area contributed by atoms with Gasteiger partial charge < -0.3 is 29.3 Å². The summed E-state index contributed by atoms with van der Waals surface area (Å²) >= 11 is 0. The number of aliphatic hydroxyl groups excluding tert-OH is 1. The lowest BCUT2D eigenvalue weighted by Crippen LogP contribution is -2.61. The molecular formula is C35H47N3O6. The zero-order valence-electron chi connectivity index (χ0n) is 26.5. The Hall–Kier alpha value is -3.17. The first-order valence-electron chi connectivity index (χ1n) is 16.5. The fourth-order valence-corrected chi connectivity index (χ4v) is 8.49. The molecule has 4 heterocycles. The predicted octanol–water partition coefficient (Wildman–Crippen LogP) is 4.10. The van der Waals surface area contributed by atoms with Crippen LogP contribution in [0, 0.1) is 17.8 Å². The van der Waals surface area contributed by atoms with E-state index in [1.165, 1.54) is 0 Å². The van der Waals surface area contributed by atoms with Gasteiger partial charge in [-0.15, -0.1) is 0 Å². The molecule has 2 saturated heterocycles. The van der Waals surface area contributed by atoms with Gasteiger partial charge >= 0.3 is 0 Å². The third kappa shape index (κ3) is 4.78. The van der Waals surface area contributed by atoms with Crippen LogP contribution in [-0.2, 0) is 19.1 Å². The SMILES string of the molecule is CCOc1ccc(N2CC=C[C@@]3(C)O[C@]45C=CCN(C6CCCCC6)C(=O)C4N([C@@H](CO)[C@@H](C)CC)C(=O)[C@@H]5[C@H]3C2=O)cc1. The van der Waals surface area contributed by atoms with Gasteiger partial charge in [0, 0.05) is 24.8 Å². The van der Waals surface area contributed by atoms with E-state index in [1.807, 2.05) is 81.2 Å². The summed E-state index contributed by atoms with van der Waals surface area (Å²) in [5.74, 6) is -1.75. The summed E-state index contributed by atoms with van der Waals surface area (Å²) in [7, 11) is 0. The van der Waals surface area contributed by atoms with Crippen LogP contribution in [0.3, 0.4) is 0 Å². The molecule has 6 rings (SSSR count). The molecule has 3 amide bonds. The minimum absolute atomic E-state index is 0.0561. The van der Waals surface area contributed by atoms with Gasteiger partial charge in [-0.1, -0.05) is 63.8 Å². The maximum Gasteiger partial charge on any atom is 0.249 e. The standard InChI is InChI=1S/C35H47N3O6/c1-5-23(3)27(22-39)38-30-33(42)37(24-12-8-7-9-13-24)21-11-19-35(30)29(32(38)41)28-31(40)36(20-10-18-34(28,4)44-35)25-14-16-26(17-15-25)43-6-2/h10-11,14-19,23-24,27-30,39H,5-9,12-13,20-22H2,1-4H3/t23-,27-,28-,29-,30?,34+,35-/m0/s1. The van der Waals surface area contributed by atoms with Crippen LogP contribution >= 0.6 is 0 Å². The summed E-state index contributed by atoms with van der Waals surface area (Å²) in [6.45, 7) is 8.87. The van der Waals surface area contributed by atoms with Gasteiger partial charge in [0.15, 0.2) is 0 Å². The minimum atomic E-state index is -1.33. The highest BCUT2D eigenvalue weighted by molar-refractivity contribution is 6.04. The second-order valence-corrected chi connectivity index (χ2v) is 13.3. The van der Waals surface area contributed by atoms with E-state index in [9.17, 15) is 19.5 Å². The lowest BCUT2D eigenvalue weighted by atomic mass is 9.74. The zero-order chi connectivity index (χ0) is 31.2. The van der Waals surface area contributed by atoms with Crippen LogP contribution in [-0.4, -0.2) is 88.3 Å². The molecule has 1 N–H and O–H groups in total. The normalized spacial score (nSPS) is 33.5. The van der Waals surface area contributed by atoms with E-state index < -0.39 is 35.1 Å². The molecule has 7 atom stereocenters. The Morgan fingerprint density at radius 2 is 1.66 bits per heavy atom. The Morgan fingerprint density at radius 3 is 2.32 bits per heavy atom. The highest BCUT2D eigenvalue weighted by Crippen LogP contribution is 2.58. The molecule has 1 saturated carbocycles. The maximum absolute atomic E-state index is 14.8. The first kappa shape index (κ1) is 30.8. The molecule has 1 unspecified atom stereocenters. The molecule has 0 bridgehead atoms. The highest BCUT2D eigenvalue weighted by atomic mass is 16.5. The molecule has 0 aromatic heterocycles. The van der Waals surface area contributed by atoms with Gasteiger partial charge in [0.1, 0.15) is 17.4 Å². The number of carbonyl (C=O) groups is 3. The van der Waals surface area contributed by atoms with Gasteiger partial charge in [0.25, 0.3) is 0 Å². The summed E-state index contributed by atoms with van der Waals surface area (Å²) < 4.78 is 12.6. The molecule has 9 heteroatoms. The average molecular weight is 606 g/mol.